The Balaban J connectivity index is 2.75. The molecule has 0 fully saturated rings. The van der Waals surface area contributed by atoms with E-state index >= 15 is 0 Å². The van der Waals surface area contributed by atoms with E-state index in [4.69, 9.17) is 0 Å². The van der Waals surface area contributed by atoms with Gasteiger partial charge < -0.3 is 4.98 Å². The normalized spacial score (nSPS) is 10.5. The second-order valence-corrected chi connectivity index (χ2v) is 3.44. The maximum Gasteiger partial charge on any atom is 0.249 e. The number of rotatable bonds is 1. The lowest BCUT2D eigenvalue weighted by molar-refractivity contribution is 1.13. The van der Waals surface area contributed by atoms with Gasteiger partial charge in [0.25, 0.3) is 0 Å². The zero-order chi connectivity index (χ0) is 9.26. The van der Waals surface area contributed by atoms with Gasteiger partial charge in [-0.3, -0.25) is 4.79 Å². The minimum atomic E-state index is -0.113. The van der Waals surface area contributed by atoms with Gasteiger partial charge in [-0.05, 0) is 24.5 Å². The molecule has 0 atom stereocenters. The van der Waals surface area contributed by atoms with Gasteiger partial charge in [-0.2, -0.15) is 0 Å². The third-order valence-electron chi connectivity index (χ3n) is 1.77. The van der Waals surface area contributed by atoms with Crippen LogP contribution in [0.1, 0.15) is 0 Å². The number of thioether (sulfide) groups is 1. The van der Waals surface area contributed by atoms with E-state index in [0.29, 0.717) is 5.65 Å². The van der Waals surface area contributed by atoms with Crippen LogP contribution in [0.3, 0.4) is 0 Å². The maximum atomic E-state index is 11.0. The van der Waals surface area contributed by atoms with Crippen molar-refractivity contribution < 1.29 is 0 Å². The van der Waals surface area contributed by atoms with Crippen molar-refractivity contribution in [2.75, 3.05) is 6.26 Å². The standard InChI is InChI=1S/C9H8N2OS/c1-13-8-5-3-6-2-4-7(12)10-9(6)11-8/h2-5H,1H3,(H,10,11,12). The first-order chi connectivity index (χ1) is 6.29. The first-order valence-electron chi connectivity index (χ1n) is 3.84. The molecule has 4 heteroatoms. The van der Waals surface area contributed by atoms with E-state index < -0.39 is 0 Å². The average molecular weight is 192 g/mol. The molecule has 1 N–H and O–H groups in total. The molecule has 0 aromatic carbocycles. The largest absolute Gasteiger partial charge is 0.307 e. The second kappa shape index (κ2) is 3.22. The van der Waals surface area contributed by atoms with Crippen LogP contribution < -0.4 is 5.56 Å². The van der Waals surface area contributed by atoms with Crippen LogP contribution in [0.2, 0.25) is 0 Å². The number of hydrogen-bond donors (Lipinski definition) is 1. The van der Waals surface area contributed by atoms with E-state index in [1.807, 2.05) is 18.4 Å². The van der Waals surface area contributed by atoms with Crippen molar-refractivity contribution in [3.63, 3.8) is 0 Å². The summed E-state index contributed by atoms with van der Waals surface area (Å²) in [5.74, 6) is 0. The fourth-order valence-electron chi connectivity index (χ4n) is 1.12. The molecule has 2 heterocycles. The Morgan fingerprint density at radius 2 is 2.08 bits per heavy atom. The summed E-state index contributed by atoms with van der Waals surface area (Å²) in [5, 5.41) is 1.87. The second-order valence-electron chi connectivity index (χ2n) is 2.61. The van der Waals surface area contributed by atoms with E-state index in [1.54, 1.807) is 17.8 Å². The third-order valence-corrected chi connectivity index (χ3v) is 2.41. The van der Waals surface area contributed by atoms with E-state index in [-0.39, 0.29) is 5.56 Å². The van der Waals surface area contributed by atoms with E-state index in [1.165, 1.54) is 6.07 Å². The fraction of sp³-hybridized carbons (Fsp3) is 0.111. The molecule has 0 aliphatic rings. The molecule has 13 heavy (non-hydrogen) atoms. The molecule has 66 valence electrons. The van der Waals surface area contributed by atoms with E-state index in [9.17, 15) is 4.79 Å². The molecule has 0 amide bonds. The smallest absolute Gasteiger partial charge is 0.249 e. The third kappa shape index (κ3) is 1.58. The number of nitrogens with one attached hydrogen (secondary N) is 1. The van der Waals surface area contributed by atoms with Crippen LogP contribution in [-0.4, -0.2) is 16.2 Å². The number of fused-ring (bicyclic) bond motifs is 1. The Hall–Kier alpha value is -1.29. The number of hydrogen-bond acceptors (Lipinski definition) is 3. The molecule has 0 spiro atoms. The van der Waals surface area contributed by atoms with Gasteiger partial charge in [0.15, 0.2) is 0 Å². The molecule has 2 aromatic rings. The fourth-order valence-corrected chi connectivity index (χ4v) is 1.51. The molecule has 2 aromatic heterocycles. The van der Waals surface area contributed by atoms with Crippen molar-refractivity contribution in [2.45, 2.75) is 5.03 Å². The first-order valence-corrected chi connectivity index (χ1v) is 5.06. The molecule has 0 aliphatic carbocycles. The SMILES string of the molecule is CSc1ccc2ccc(=O)[nH]c2n1. The summed E-state index contributed by atoms with van der Waals surface area (Å²) < 4.78 is 0. The van der Waals surface area contributed by atoms with Crippen LogP contribution in [-0.2, 0) is 0 Å². The Morgan fingerprint density at radius 1 is 1.31 bits per heavy atom. The van der Waals surface area contributed by atoms with Crippen LogP contribution in [0.25, 0.3) is 11.0 Å². The lowest BCUT2D eigenvalue weighted by atomic mass is 10.3. The molecule has 0 unspecified atom stereocenters. The average Bonchev–Trinajstić information content (AvgIpc) is 2.16. The summed E-state index contributed by atoms with van der Waals surface area (Å²) in [4.78, 5) is 17.9. The number of nitrogens with zero attached hydrogens (tertiary/aromatic N) is 1. The molecule has 0 saturated heterocycles. The topological polar surface area (TPSA) is 45.8 Å². The summed E-state index contributed by atoms with van der Waals surface area (Å²) in [5.41, 5.74) is 0.539. The predicted molar refractivity (Wildman–Crippen MR) is 54.1 cm³/mol. The Morgan fingerprint density at radius 3 is 2.85 bits per heavy atom. The molecular weight excluding hydrogens is 184 g/mol. The van der Waals surface area contributed by atoms with Gasteiger partial charge in [0.2, 0.25) is 5.56 Å². The Kier molecular flexibility index (Phi) is 2.06. The van der Waals surface area contributed by atoms with Crippen molar-refractivity contribution in [3.05, 3.63) is 34.6 Å². The van der Waals surface area contributed by atoms with Crippen molar-refractivity contribution in [2.24, 2.45) is 0 Å². The highest BCUT2D eigenvalue weighted by molar-refractivity contribution is 7.98. The van der Waals surface area contributed by atoms with Gasteiger partial charge in [-0.25, -0.2) is 4.98 Å². The zero-order valence-corrected chi connectivity index (χ0v) is 7.89. The van der Waals surface area contributed by atoms with Crippen molar-refractivity contribution in [1.82, 2.24) is 9.97 Å². The molecule has 2 rings (SSSR count). The van der Waals surface area contributed by atoms with Crippen LogP contribution in [0.15, 0.2) is 34.1 Å². The van der Waals surface area contributed by atoms with Gasteiger partial charge in [0.1, 0.15) is 5.65 Å². The van der Waals surface area contributed by atoms with Gasteiger partial charge in [0.05, 0.1) is 5.03 Å². The summed E-state index contributed by atoms with van der Waals surface area (Å²) >= 11 is 1.56. The van der Waals surface area contributed by atoms with Crippen LogP contribution in [0.5, 0.6) is 0 Å². The van der Waals surface area contributed by atoms with Crippen LogP contribution >= 0.6 is 11.8 Å². The number of aromatic nitrogens is 2. The zero-order valence-electron chi connectivity index (χ0n) is 7.07. The number of pyridine rings is 2. The molecule has 0 saturated carbocycles. The van der Waals surface area contributed by atoms with Crippen LogP contribution in [0, 0.1) is 0 Å². The highest BCUT2D eigenvalue weighted by Crippen LogP contribution is 2.14. The predicted octanol–water partition coefficient (Wildman–Crippen LogP) is 1.64. The lowest BCUT2D eigenvalue weighted by Crippen LogP contribution is -2.03. The number of aromatic amines is 1. The molecule has 0 bridgehead atoms. The Labute approximate surface area is 79.2 Å². The summed E-state index contributed by atoms with van der Waals surface area (Å²) in [6.07, 6.45) is 1.95. The first kappa shape index (κ1) is 8.31. The van der Waals surface area contributed by atoms with Gasteiger partial charge in [-0.1, -0.05) is 0 Å². The quantitative estimate of drug-likeness (QED) is 0.699. The summed E-state index contributed by atoms with van der Waals surface area (Å²) in [6, 6.07) is 7.16. The highest BCUT2D eigenvalue weighted by Gasteiger charge is 1.96. The lowest BCUT2D eigenvalue weighted by Gasteiger charge is -1.98. The van der Waals surface area contributed by atoms with E-state index in [2.05, 4.69) is 9.97 Å². The number of H-pyrrole nitrogens is 1. The van der Waals surface area contributed by atoms with Crippen LogP contribution in [0.4, 0.5) is 0 Å². The molecule has 0 aliphatic heterocycles. The molecule has 0 radical (unpaired) electrons. The van der Waals surface area contributed by atoms with Crippen molar-refractivity contribution >= 4 is 22.8 Å². The monoisotopic (exact) mass is 192 g/mol. The van der Waals surface area contributed by atoms with Crippen molar-refractivity contribution in [1.29, 1.82) is 0 Å². The van der Waals surface area contributed by atoms with Gasteiger partial charge >= 0.3 is 0 Å². The minimum Gasteiger partial charge on any atom is -0.307 e. The van der Waals surface area contributed by atoms with Gasteiger partial charge in [0, 0.05) is 11.5 Å². The van der Waals surface area contributed by atoms with E-state index in [0.717, 1.165) is 10.4 Å². The molecular formula is C9H8N2OS. The maximum absolute atomic E-state index is 11.0. The van der Waals surface area contributed by atoms with Crippen molar-refractivity contribution in [3.8, 4) is 0 Å². The molecule has 3 nitrogen and oxygen atoms in total. The highest BCUT2D eigenvalue weighted by atomic mass is 32.2. The minimum absolute atomic E-state index is 0.113. The summed E-state index contributed by atoms with van der Waals surface area (Å²) in [6.45, 7) is 0. The van der Waals surface area contributed by atoms with Gasteiger partial charge in [-0.15, -0.1) is 11.8 Å². The Bertz CT molecular complexity index is 492. The summed E-state index contributed by atoms with van der Waals surface area (Å²) in [7, 11) is 0.